The van der Waals surface area contributed by atoms with E-state index in [2.05, 4.69) is 4.74 Å². The molecule has 0 spiro atoms. The number of esters is 1. The lowest BCUT2D eigenvalue weighted by molar-refractivity contribution is -0.144. The van der Waals surface area contributed by atoms with Gasteiger partial charge in [0.2, 0.25) is 0 Å². The normalized spacial score (nSPS) is 12.5. The molecule has 0 aromatic heterocycles. The molecule has 0 bridgehead atoms. The molecule has 0 rings (SSSR count). The predicted octanol–water partition coefficient (Wildman–Crippen LogP) is 0.591. The standard InChI is InChI=1S/C9H18NO3/c1-8(11)13-7-9(12)5-3-2-4-6-10/h6,9,12H,2-5,7,10H2,1H3. The fraction of sp³-hybridized carbons (Fsp3) is 0.778. The molecule has 1 atom stereocenters. The van der Waals surface area contributed by atoms with Gasteiger partial charge in [-0.1, -0.05) is 12.8 Å². The summed E-state index contributed by atoms with van der Waals surface area (Å²) in [5.74, 6) is -0.352. The van der Waals surface area contributed by atoms with Gasteiger partial charge >= 0.3 is 5.97 Å². The highest BCUT2D eigenvalue weighted by atomic mass is 16.5. The molecule has 3 N–H and O–H groups in total. The Bertz CT molecular complexity index is 139. The molecule has 13 heavy (non-hydrogen) atoms. The summed E-state index contributed by atoms with van der Waals surface area (Å²) >= 11 is 0. The third kappa shape index (κ3) is 9.30. The van der Waals surface area contributed by atoms with Crippen molar-refractivity contribution in [1.82, 2.24) is 0 Å². The SMILES string of the molecule is CC(=O)OCC(O)CCCC[CH]N. The molecule has 0 heterocycles. The van der Waals surface area contributed by atoms with E-state index in [4.69, 9.17) is 5.73 Å². The Kier molecular flexibility index (Phi) is 7.63. The maximum absolute atomic E-state index is 10.4. The monoisotopic (exact) mass is 188 g/mol. The first-order valence-corrected chi connectivity index (χ1v) is 4.51. The van der Waals surface area contributed by atoms with E-state index >= 15 is 0 Å². The van der Waals surface area contributed by atoms with Crippen LogP contribution in [0.15, 0.2) is 0 Å². The first-order valence-electron chi connectivity index (χ1n) is 4.51. The lowest BCUT2D eigenvalue weighted by Crippen LogP contribution is -2.17. The first kappa shape index (κ1) is 12.4. The second-order valence-electron chi connectivity index (χ2n) is 2.98. The Morgan fingerprint density at radius 3 is 2.85 bits per heavy atom. The van der Waals surface area contributed by atoms with Crippen molar-refractivity contribution in [1.29, 1.82) is 0 Å². The zero-order chi connectivity index (χ0) is 10.1. The van der Waals surface area contributed by atoms with E-state index in [9.17, 15) is 9.90 Å². The summed E-state index contributed by atoms with van der Waals surface area (Å²) in [5, 5.41) is 9.28. The van der Waals surface area contributed by atoms with Crippen molar-refractivity contribution in [3.8, 4) is 0 Å². The third-order valence-corrected chi connectivity index (χ3v) is 1.64. The number of carbonyl (C=O) groups is 1. The van der Waals surface area contributed by atoms with E-state index in [1.54, 1.807) is 6.54 Å². The maximum Gasteiger partial charge on any atom is 0.302 e. The lowest BCUT2D eigenvalue weighted by atomic mass is 10.1. The van der Waals surface area contributed by atoms with Gasteiger partial charge in [0.15, 0.2) is 0 Å². The van der Waals surface area contributed by atoms with E-state index in [0.29, 0.717) is 6.42 Å². The summed E-state index contributed by atoms with van der Waals surface area (Å²) in [6.07, 6.45) is 2.84. The van der Waals surface area contributed by atoms with Crippen molar-refractivity contribution in [2.24, 2.45) is 5.73 Å². The third-order valence-electron chi connectivity index (χ3n) is 1.64. The van der Waals surface area contributed by atoms with Crippen LogP contribution in [0, 0.1) is 6.54 Å². The van der Waals surface area contributed by atoms with Crippen molar-refractivity contribution in [3.63, 3.8) is 0 Å². The summed E-state index contributed by atoms with van der Waals surface area (Å²) in [6, 6.07) is 0. The molecule has 0 aliphatic rings. The topological polar surface area (TPSA) is 72.5 Å². The number of rotatable bonds is 7. The van der Waals surface area contributed by atoms with Crippen molar-refractivity contribution in [3.05, 3.63) is 6.54 Å². The Morgan fingerprint density at radius 2 is 2.31 bits per heavy atom. The molecule has 0 aromatic carbocycles. The molecule has 0 aliphatic heterocycles. The number of unbranched alkanes of at least 4 members (excludes halogenated alkanes) is 2. The number of ether oxygens (including phenoxy) is 1. The molecule has 1 radical (unpaired) electrons. The lowest BCUT2D eigenvalue weighted by Gasteiger charge is -2.09. The first-order chi connectivity index (χ1) is 6.16. The molecule has 0 saturated heterocycles. The number of nitrogens with two attached hydrogens (primary N) is 1. The highest BCUT2D eigenvalue weighted by Crippen LogP contribution is 2.04. The Labute approximate surface area is 79.1 Å². The minimum Gasteiger partial charge on any atom is -0.463 e. The van der Waals surface area contributed by atoms with Crippen LogP contribution in [0.3, 0.4) is 0 Å². The van der Waals surface area contributed by atoms with Crippen LogP contribution in [0.2, 0.25) is 0 Å². The summed E-state index contributed by atoms with van der Waals surface area (Å²) < 4.78 is 4.64. The molecular formula is C9H18NO3. The number of aliphatic hydroxyl groups is 1. The minimum absolute atomic E-state index is 0.0989. The van der Waals surface area contributed by atoms with E-state index in [1.165, 1.54) is 6.92 Å². The van der Waals surface area contributed by atoms with Crippen molar-refractivity contribution < 1.29 is 14.6 Å². The molecule has 77 valence electrons. The molecular weight excluding hydrogens is 170 g/mol. The molecule has 0 saturated carbocycles. The van der Waals surface area contributed by atoms with Gasteiger partial charge in [0.1, 0.15) is 6.61 Å². The summed E-state index contributed by atoms with van der Waals surface area (Å²) in [4.78, 5) is 10.4. The van der Waals surface area contributed by atoms with Crippen molar-refractivity contribution >= 4 is 5.97 Å². The van der Waals surface area contributed by atoms with E-state index in [0.717, 1.165) is 19.3 Å². The highest BCUT2D eigenvalue weighted by Gasteiger charge is 2.05. The smallest absolute Gasteiger partial charge is 0.302 e. The van der Waals surface area contributed by atoms with Crippen LogP contribution in [0.5, 0.6) is 0 Å². The quantitative estimate of drug-likeness (QED) is 0.453. The average molecular weight is 188 g/mol. The summed E-state index contributed by atoms with van der Waals surface area (Å²) in [5.41, 5.74) is 5.19. The fourth-order valence-corrected chi connectivity index (χ4v) is 0.939. The second-order valence-corrected chi connectivity index (χ2v) is 2.98. The number of hydrogen-bond acceptors (Lipinski definition) is 4. The van der Waals surface area contributed by atoms with Crippen LogP contribution in [0.25, 0.3) is 0 Å². The van der Waals surface area contributed by atoms with Gasteiger partial charge < -0.3 is 15.6 Å². The van der Waals surface area contributed by atoms with Gasteiger partial charge in [-0.15, -0.1) is 0 Å². The molecule has 4 heteroatoms. The average Bonchev–Trinajstić information content (AvgIpc) is 2.09. The Morgan fingerprint density at radius 1 is 1.62 bits per heavy atom. The van der Waals surface area contributed by atoms with Gasteiger partial charge in [-0.25, -0.2) is 0 Å². The van der Waals surface area contributed by atoms with Gasteiger partial charge in [0, 0.05) is 13.5 Å². The van der Waals surface area contributed by atoms with Crippen LogP contribution in [0.1, 0.15) is 32.6 Å². The summed E-state index contributed by atoms with van der Waals surface area (Å²) in [6.45, 7) is 3.04. The molecule has 1 unspecified atom stereocenters. The van der Waals surface area contributed by atoms with Gasteiger partial charge in [0.05, 0.1) is 6.10 Å². The molecule has 0 aromatic rings. The molecule has 0 fully saturated rings. The van der Waals surface area contributed by atoms with Crippen LogP contribution < -0.4 is 5.73 Å². The van der Waals surface area contributed by atoms with Gasteiger partial charge in [-0.05, 0) is 12.8 Å². The zero-order valence-corrected chi connectivity index (χ0v) is 8.03. The van der Waals surface area contributed by atoms with Crippen LogP contribution in [-0.2, 0) is 9.53 Å². The highest BCUT2D eigenvalue weighted by molar-refractivity contribution is 5.65. The largest absolute Gasteiger partial charge is 0.463 e. The summed E-state index contributed by atoms with van der Waals surface area (Å²) in [7, 11) is 0. The number of aliphatic hydroxyl groups excluding tert-OH is 1. The van der Waals surface area contributed by atoms with Crippen LogP contribution in [-0.4, -0.2) is 23.8 Å². The molecule has 4 nitrogen and oxygen atoms in total. The minimum atomic E-state index is -0.540. The van der Waals surface area contributed by atoms with Crippen LogP contribution >= 0.6 is 0 Å². The zero-order valence-electron chi connectivity index (χ0n) is 8.03. The van der Waals surface area contributed by atoms with Gasteiger partial charge in [0.25, 0.3) is 0 Å². The Balaban J connectivity index is 3.19. The second kappa shape index (κ2) is 8.01. The van der Waals surface area contributed by atoms with E-state index in [-0.39, 0.29) is 12.6 Å². The Hall–Kier alpha value is -0.610. The van der Waals surface area contributed by atoms with Gasteiger partial charge in [-0.3, -0.25) is 4.79 Å². The van der Waals surface area contributed by atoms with Crippen molar-refractivity contribution in [2.45, 2.75) is 38.7 Å². The molecule has 0 amide bonds. The fourth-order valence-electron chi connectivity index (χ4n) is 0.939. The van der Waals surface area contributed by atoms with E-state index in [1.807, 2.05) is 0 Å². The van der Waals surface area contributed by atoms with Crippen molar-refractivity contribution in [2.75, 3.05) is 6.61 Å². The van der Waals surface area contributed by atoms with Crippen LogP contribution in [0.4, 0.5) is 0 Å². The maximum atomic E-state index is 10.4. The molecule has 0 aliphatic carbocycles. The number of hydrogen-bond donors (Lipinski definition) is 2. The number of carbonyl (C=O) groups excluding carboxylic acids is 1. The predicted molar refractivity (Wildman–Crippen MR) is 49.6 cm³/mol. The van der Waals surface area contributed by atoms with E-state index < -0.39 is 6.10 Å². The van der Waals surface area contributed by atoms with Gasteiger partial charge in [-0.2, -0.15) is 0 Å².